The molecule has 0 aliphatic carbocycles. The maximum atomic E-state index is 5.02. The minimum Gasteiger partial charge on any atom is -0.385 e. The molecule has 1 aromatic rings. The Hall–Kier alpha value is -1.09. The van der Waals surface area contributed by atoms with Gasteiger partial charge in [0.2, 0.25) is 0 Å². The molecule has 0 unspecified atom stereocenters. The van der Waals surface area contributed by atoms with Gasteiger partial charge < -0.3 is 20.7 Å². The molecule has 0 aliphatic heterocycles. The molecular formula is C16H30IN5O. The highest BCUT2D eigenvalue weighted by Crippen LogP contribution is 2.00. The molecule has 0 fully saturated rings. The van der Waals surface area contributed by atoms with E-state index in [9.17, 15) is 0 Å². The molecule has 7 heteroatoms. The molecule has 0 radical (unpaired) electrons. The Labute approximate surface area is 156 Å². The Balaban J connectivity index is 0.00000484. The van der Waals surface area contributed by atoms with E-state index < -0.39 is 0 Å². The van der Waals surface area contributed by atoms with Crippen LogP contribution >= 0.6 is 24.0 Å². The Bertz CT molecular complexity index is 403. The number of nitrogens with one attached hydrogen (secondary N) is 3. The van der Waals surface area contributed by atoms with Crippen LogP contribution in [0.1, 0.15) is 26.2 Å². The number of anilines is 1. The van der Waals surface area contributed by atoms with Crippen molar-refractivity contribution in [1.82, 2.24) is 15.6 Å². The van der Waals surface area contributed by atoms with Crippen LogP contribution in [0, 0.1) is 0 Å². The summed E-state index contributed by atoms with van der Waals surface area (Å²) < 4.78 is 5.02. The first-order valence-corrected chi connectivity index (χ1v) is 8.03. The zero-order valence-corrected chi connectivity index (χ0v) is 16.5. The second-order valence-corrected chi connectivity index (χ2v) is 4.88. The summed E-state index contributed by atoms with van der Waals surface area (Å²) in [6, 6.07) is 5.89. The van der Waals surface area contributed by atoms with Gasteiger partial charge in [-0.25, -0.2) is 4.98 Å². The van der Waals surface area contributed by atoms with Crippen molar-refractivity contribution in [3.05, 3.63) is 24.4 Å². The minimum absolute atomic E-state index is 0. The summed E-state index contributed by atoms with van der Waals surface area (Å²) >= 11 is 0. The first-order valence-electron chi connectivity index (χ1n) is 8.03. The number of pyridine rings is 1. The van der Waals surface area contributed by atoms with Crippen LogP contribution in [0.5, 0.6) is 0 Å². The fourth-order valence-electron chi connectivity index (χ4n) is 1.88. The number of aromatic nitrogens is 1. The molecule has 1 heterocycles. The van der Waals surface area contributed by atoms with Crippen LogP contribution < -0.4 is 16.0 Å². The van der Waals surface area contributed by atoms with E-state index >= 15 is 0 Å². The van der Waals surface area contributed by atoms with Gasteiger partial charge in [0.05, 0.1) is 0 Å². The molecule has 6 nitrogen and oxygen atoms in total. The van der Waals surface area contributed by atoms with E-state index in [-0.39, 0.29) is 24.0 Å². The summed E-state index contributed by atoms with van der Waals surface area (Å²) in [6.07, 6.45) is 4.92. The van der Waals surface area contributed by atoms with Crippen molar-refractivity contribution in [1.29, 1.82) is 0 Å². The Kier molecular flexibility index (Phi) is 15.0. The first-order chi connectivity index (χ1) is 10.9. The summed E-state index contributed by atoms with van der Waals surface area (Å²) in [5.74, 6) is 1.82. The highest BCUT2D eigenvalue weighted by atomic mass is 127. The van der Waals surface area contributed by atoms with Gasteiger partial charge in [0.1, 0.15) is 5.82 Å². The molecule has 23 heavy (non-hydrogen) atoms. The molecule has 0 spiro atoms. The average Bonchev–Trinajstić information content (AvgIpc) is 2.55. The lowest BCUT2D eigenvalue weighted by Gasteiger charge is -2.11. The number of hydrogen-bond donors (Lipinski definition) is 3. The van der Waals surface area contributed by atoms with Gasteiger partial charge in [0.25, 0.3) is 0 Å². The highest BCUT2D eigenvalue weighted by Gasteiger charge is 1.97. The maximum Gasteiger partial charge on any atom is 0.191 e. The highest BCUT2D eigenvalue weighted by molar-refractivity contribution is 14.0. The SMILES string of the molecule is CCNC(=NCCCOC)NCCCCNc1ccccn1.I. The average molecular weight is 435 g/mol. The zero-order chi connectivity index (χ0) is 15.9. The second-order valence-electron chi connectivity index (χ2n) is 4.88. The standard InChI is InChI=1S/C16H29N5O.HI/c1-3-17-16(21-13-8-14-22-2)20-12-7-6-11-19-15-9-4-5-10-18-15;/h4-5,9-10H,3,6-8,11-14H2,1-2H3,(H,18,19)(H2,17,20,21);1H. The van der Waals surface area contributed by atoms with Gasteiger partial charge in [-0.2, -0.15) is 0 Å². The molecule has 0 aromatic carbocycles. The number of unbranched alkanes of at least 4 members (excludes halogenated alkanes) is 1. The number of aliphatic imine (C=N–C) groups is 1. The molecule has 3 N–H and O–H groups in total. The normalized spacial score (nSPS) is 10.8. The van der Waals surface area contributed by atoms with Crippen LogP contribution in [-0.4, -0.2) is 50.8 Å². The van der Waals surface area contributed by atoms with Crippen LogP contribution in [0.4, 0.5) is 5.82 Å². The van der Waals surface area contributed by atoms with Crippen molar-refractivity contribution < 1.29 is 4.74 Å². The van der Waals surface area contributed by atoms with E-state index in [0.717, 1.165) is 63.8 Å². The van der Waals surface area contributed by atoms with Crippen molar-refractivity contribution in [2.24, 2.45) is 4.99 Å². The molecule has 0 atom stereocenters. The van der Waals surface area contributed by atoms with Crippen molar-refractivity contribution >= 4 is 35.8 Å². The van der Waals surface area contributed by atoms with Gasteiger partial charge in [0, 0.05) is 46.1 Å². The largest absolute Gasteiger partial charge is 0.385 e. The number of halogens is 1. The van der Waals surface area contributed by atoms with E-state index in [4.69, 9.17) is 4.74 Å². The third-order valence-corrected chi connectivity index (χ3v) is 2.99. The quantitative estimate of drug-likeness (QED) is 0.216. The number of hydrogen-bond acceptors (Lipinski definition) is 4. The van der Waals surface area contributed by atoms with Gasteiger partial charge in [-0.1, -0.05) is 6.07 Å². The zero-order valence-electron chi connectivity index (χ0n) is 14.2. The lowest BCUT2D eigenvalue weighted by Crippen LogP contribution is -2.38. The van der Waals surface area contributed by atoms with Gasteiger partial charge in [-0.3, -0.25) is 4.99 Å². The second kappa shape index (κ2) is 15.8. The van der Waals surface area contributed by atoms with E-state index in [1.54, 1.807) is 13.3 Å². The molecule has 0 saturated carbocycles. The van der Waals surface area contributed by atoms with Crippen LogP contribution in [0.2, 0.25) is 0 Å². The van der Waals surface area contributed by atoms with Crippen molar-refractivity contribution in [2.75, 3.05) is 45.2 Å². The van der Waals surface area contributed by atoms with Crippen LogP contribution in [0.25, 0.3) is 0 Å². The first kappa shape index (κ1) is 21.9. The monoisotopic (exact) mass is 435 g/mol. The van der Waals surface area contributed by atoms with Gasteiger partial charge in [-0.15, -0.1) is 24.0 Å². The molecular weight excluding hydrogens is 405 g/mol. The third kappa shape index (κ3) is 12.1. The number of guanidine groups is 1. The Morgan fingerprint density at radius 2 is 2.00 bits per heavy atom. The molecule has 1 aromatic heterocycles. The molecule has 0 saturated heterocycles. The topological polar surface area (TPSA) is 70.6 Å². The van der Waals surface area contributed by atoms with E-state index in [2.05, 4.69) is 32.9 Å². The molecule has 0 amide bonds. The van der Waals surface area contributed by atoms with E-state index in [1.807, 2.05) is 18.2 Å². The van der Waals surface area contributed by atoms with Crippen LogP contribution in [0.15, 0.2) is 29.4 Å². The van der Waals surface area contributed by atoms with Gasteiger partial charge in [-0.05, 0) is 38.3 Å². The molecule has 1 rings (SSSR count). The fraction of sp³-hybridized carbons (Fsp3) is 0.625. The van der Waals surface area contributed by atoms with Gasteiger partial charge in [0.15, 0.2) is 5.96 Å². The summed E-state index contributed by atoms with van der Waals surface area (Å²) in [6.45, 7) is 6.33. The minimum atomic E-state index is 0. The predicted octanol–water partition coefficient (Wildman–Crippen LogP) is 2.48. The van der Waals surface area contributed by atoms with Crippen LogP contribution in [0.3, 0.4) is 0 Å². The third-order valence-electron chi connectivity index (χ3n) is 2.99. The number of rotatable bonds is 11. The van der Waals surface area contributed by atoms with Crippen molar-refractivity contribution in [2.45, 2.75) is 26.2 Å². The van der Waals surface area contributed by atoms with Crippen LogP contribution in [-0.2, 0) is 4.74 Å². The fourth-order valence-corrected chi connectivity index (χ4v) is 1.88. The number of methoxy groups -OCH3 is 1. The maximum absolute atomic E-state index is 5.02. The van der Waals surface area contributed by atoms with Gasteiger partial charge >= 0.3 is 0 Å². The predicted molar refractivity (Wildman–Crippen MR) is 108 cm³/mol. The molecule has 0 aliphatic rings. The molecule has 0 bridgehead atoms. The van der Waals surface area contributed by atoms with Crippen molar-refractivity contribution in [3.8, 4) is 0 Å². The Morgan fingerprint density at radius 1 is 1.17 bits per heavy atom. The summed E-state index contributed by atoms with van der Waals surface area (Å²) in [4.78, 5) is 8.74. The Morgan fingerprint density at radius 3 is 2.70 bits per heavy atom. The number of ether oxygens (including phenoxy) is 1. The lowest BCUT2D eigenvalue weighted by molar-refractivity contribution is 0.197. The molecule has 132 valence electrons. The smallest absolute Gasteiger partial charge is 0.191 e. The number of nitrogens with zero attached hydrogens (tertiary/aromatic N) is 2. The van der Waals surface area contributed by atoms with E-state index in [1.165, 1.54) is 0 Å². The van der Waals surface area contributed by atoms with E-state index in [0.29, 0.717) is 0 Å². The summed E-state index contributed by atoms with van der Waals surface area (Å²) in [7, 11) is 1.71. The summed E-state index contributed by atoms with van der Waals surface area (Å²) in [5, 5.41) is 9.91. The lowest BCUT2D eigenvalue weighted by atomic mass is 10.3. The summed E-state index contributed by atoms with van der Waals surface area (Å²) in [5.41, 5.74) is 0. The van der Waals surface area contributed by atoms with Crippen molar-refractivity contribution in [3.63, 3.8) is 0 Å².